The van der Waals surface area contributed by atoms with Crippen LogP contribution in [0.25, 0.3) is 0 Å². The Bertz CT molecular complexity index is 276. The predicted molar refractivity (Wildman–Crippen MR) is 55.4 cm³/mol. The van der Waals surface area contributed by atoms with Crippen molar-refractivity contribution in [3.8, 4) is 5.75 Å². The highest BCUT2D eigenvalue weighted by Crippen LogP contribution is 2.22. The summed E-state index contributed by atoms with van der Waals surface area (Å²) >= 11 is 5.95. The summed E-state index contributed by atoms with van der Waals surface area (Å²) in [6.07, 6.45) is 0.915. The molecule has 0 aliphatic carbocycles. The molecular weight excluding hydrogens is 186 g/mol. The Hall–Kier alpha value is -0.730. The van der Waals surface area contributed by atoms with Gasteiger partial charge in [0.1, 0.15) is 12.4 Å². The van der Waals surface area contributed by atoms with Crippen molar-refractivity contribution >= 4 is 11.6 Å². The molecule has 0 aliphatic rings. The van der Waals surface area contributed by atoms with Gasteiger partial charge in [0, 0.05) is 11.6 Å². The number of nitrogens with two attached hydrogens (primary N) is 1. The van der Waals surface area contributed by atoms with Crippen LogP contribution < -0.4 is 10.5 Å². The van der Waals surface area contributed by atoms with Crippen LogP contribution in [0.15, 0.2) is 18.2 Å². The standard InChI is InChI=1S/C10H14ClNO/c1-2-8-7-9(13-6-5-12)3-4-10(8)11/h3-4,7H,2,5-6,12H2,1H3. The Morgan fingerprint density at radius 2 is 2.23 bits per heavy atom. The van der Waals surface area contributed by atoms with E-state index >= 15 is 0 Å². The summed E-state index contributed by atoms with van der Waals surface area (Å²) in [5, 5.41) is 0.794. The number of hydrogen-bond acceptors (Lipinski definition) is 2. The van der Waals surface area contributed by atoms with Crippen LogP contribution in [0.4, 0.5) is 0 Å². The molecule has 0 atom stereocenters. The van der Waals surface area contributed by atoms with Crippen molar-refractivity contribution in [1.82, 2.24) is 0 Å². The summed E-state index contributed by atoms with van der Waals surface area (Å²) in [6.45, 7) is 3.14. The topological polar surface area (TPSA) is 35.2 Å². The molecule has 0 unspecified atom stereocenters. The number of rotatable bonds is 4. The Labute approximate surface area is 83.6 Å². The van der Waals surface area contributed by atoms with E-state index in [0.29, 0.717) is 13.2 Å². The summed E-state index contributed by atoms with van der Waals surface area (Å²) in [6, 6.07) is 5.67. The minimum Gasteiger partial charge on any atom is -0.492 e. The third-order valence-electron chi connectivity index (χ3n) is 1.78. The van der Waals surface area contributed by atoms with Gasteiger partial charge in [-0.3, -0.25) is 0 Å². The van der Waals surface area contributed by atoms with Crippen molar-refractivity contribution in [3.05, 3.63) is 28.8 Å². The molecule has 0 saturated carbocycles. The molecule has 0 heterocycles. The smallest absolute Gasteiger partial charge is 0.119 e. The Balaban J connectivity index is 2.74. The van der Waals surface area contributed by atoms with Crippen LogP contribution >= 0.6 is 11.6 Å². The van der Waals surface area contributed by atoms with Gasteiger partial charge in [-0.15, -0.1) is 0 Å². The monoisotopic (exact) mass is 199 g/mol. The molecule has 0 bridgehead atoms. The summed E-state index contributed by atoms with van der Waals surface area (Å²) in [5.74, 6) is 0.840. The fraction of sp³-hybridized carbons (Fsp3) is 0.400. The molecule has 1 aromatic carbocycles. The molecule has 0 fully saturated rings. The average molecular weight is 200 g/mol. The van der Waals surface area contributed by atoms with Gasteiger partial charge in [0.25, 0.3) is 0 Å². The van der Waals surface area contributed by atoms with Gasteiger partial charge >= 0.3 is 0 Å². The fourth-order valence-electron chi connectivity index (χ4n) is 1.09. The highest BCUT2D eigenvalue weighted by molar-refractivity contribution is 6.31. The van der Waals surface area contributed by atoms with E-state index in [1.165, 1.54) is 0 Å². The van der Waals surface area contributed by atoms with Crippen molar-refractivity contribution in [3.63, 3.8) is 0 Å². The number of hydrogen-bond donors (Lipinski definition) is 1. The van der Waals surface area contributed by atoms with Gasteiger partial charge in [-0.2, -0.15) is 0 Å². The lowest BCUT2D eigenvalue weighted by Gasteiger charge is -2.07. The minimum absolute atomic E-state index is 0.532. The van der Waals surface area contributed by atoms with E-state index in [2.05, 4.69) is 6.92 Å². The molecule has 0 radical (unpaired) electrons. The van der Waals surface area contributed by atoms with Crippen LogP contribution in [-0.4, -0.2) is 13.2 Å². The molecule has 1 aromatic rings. The van der Waals surface area contributed by atoms with Crippen molar-refractivity contribution < 1.29 is 4.74 Å². The molecule has 0 aliphatic heterocycles. The van der Waals surface area contributed by atoms with Gasteiger partial charge in [-0.05, 0) is 30.2 Å². The lowest BCUT2D eigenvalue weighted by molar-refractivity contribution is 0.328. The van der Waals surface area contributed by atoms with Gasteiger partial charge in [-0.25, -0.2) is 0 Å². The Kier molecular flexibility index (Phi) is 4.06. The lowest BCUT2D eigenvalue weighted by atomic mass is 10.1. The van der Waals surface area contributed by atoms with E-state index in [4.69, 9.17) is 22.1 Å². The molecule has 2 nitrogen and oxygen atoms in total. The number of ether oxygens (including phenoxy) is 1. The molecule has 72 valence electrons. The maximum absolute atomic E-state index is 5.95. The second kappa shape index (κ2) is 5.10. The van der Waals surface area contributed by atoms with E-state index in [1.54, 1.807) is 0 Å². The first-order chi connectivity index (χ1) is 6.27. The van der Waals surface area contributed by atoms with E-state index < -0.39 is 0 Å². The zero-order valence-corrected chi connectivity index (χ0v) is 8.47. The molecule has 13 heavy (non-hydrogen) atoms. The molecule has 3 heteroatoms. The van der Waals surface area contributed by atoms with Crippen LogP contribution in [0, 0.1) is 0 Å². The van der Waals surface area contributed by atoms with Crippen LogP contribution in [0.3, 0.4) is 0 Å². The highest BCUT2D eigenvalue weighted by atomic mass is 35.5. The second-order valence-corrected chi connectivity index (χ2v) is 3.15. The zero-order chi connectivity index (χ0) is 9.68. The quantitative estimate of drug-likeness (QED) is 0.808. The predicted octanol–water partition coefficient (Wildman–Crippen LogP) is 2.24. The Morgan fingerprint density at radius 3 is 2.85 bits per heavy atom. The number of benzene rings is 1. The van der Waals surface area contributed by atoms with Gasteiger partial charge in [0.2, 0.25) is 0 Å². The SMILES string of the molecule is CCc1cc(OCCN)ccc1Cl. The zero-order valence-electron chi connectivity index (χ0n) is 7.72. The summed E-state index contributed by atoms with van der Waals surface area (Å²) < 4.78 is 5.37. The minimum atomic E-state index is 0.532. The van der Waals surface area contributed by atoms with Gasteiger partial charge < -0.3 is 10.5 Å². The molecule has 2 N–H and O–H groups in total. The van der Waals surface area contributed by atoms with E-state index in [-0.39, 0.29) is 0 Å². The maximum Gasteiger partial charge on any atom is 0.119 e. The van der Waals surface area contributed by atoms with Gasteiger partial charge in [-0.1, -0.05) is 18.5 Å². The van der Waals surface area contributed by atoms with Crippen molar-refractivity contribution in [2.45, 2.75) is 13.3 Å². The molecule has 0 saturated heterocycles. The van der Waals surface area contributed by atoms with Crippen molar-refractivity contribution in [1.29, 1.82) is 0 Å². The van der Waals surface area contributed by atoms with Gasteiger partial charge in [0.05, 0.1) is 0 Å². The van der Waals surface area contributed by atoms with Crippen LogP contribution in [-0.2, 0) is 6.42 Å². The largest absolute Gasteiger partial charge is 0.492 e. The third kappa shape index (κ3) is 2.90. The van der Waals surface area contributed by atoms with Crippen molar-refractivity contribution in [2.24, 2.45) is 5.73 Å². The van der Waals surface area contributed by atoms with Crippen LogP contribution in [0.5, 0.6) is 5.75 Å². The maximum atomic E-state index is 5.95. The fourth-order valence-corrected chi connectivity index (χ4v) is 1.34. The van der Waals surface area contributed by atoms with E-state index in [1.807, 2.05) is 18.2 Å². The van der Waals surface area contributed by atoms with E-state index in [9.17, 15) is 0 Å². The molecule has 0 spiro atoms. The second-order valence-electron chi connectivity index (χ2n) is 2.74. The summed E-state index contributed by atoms with van der Waals surface area (Å²) in [4.78, 5) is 0. The first-order valence-corrected chi connectivity index (χ1v) is 4.77. The number of halogens is 1. The summed E-state index contributed by atoms with van der Waals surface area (Å²) in [5.41, 5.74) is 6.43. The lowest BCUT2D eigenvalue weighted by Crippen LogP contribution is -2.10. The van der Waals surface area contributed by atoms with Crippen LogP contribution in [0.2, 0.25) is 5.02 Å². The average Bonchev–Trinajstić information content (AvgIpc) is 2.16. The van der Waals surface area contributed by atoms with Gasteiger partial charge in [0.15, 0.2) is 0 Å². The molecular formula is C10H14ClNO. The first-order valence-electron chi connectivity index (χ1n) is 4.39. The first kappa shape index (κ1) is 10.4. The molecule has 1 rings (SSSR count). The third-order valence-corrected chi connectivity index (χ3v) is 2.15. The number of aryl methyl sites for hydroxylation is 1. The van der Waals surface area contributed by atoms with E-state index in [0.717, 1.165) is 22.8 Å². The highest BCUT2D eigenvalue weighted by Gasteiger charge is 2.00. The van der Waals surface area contributed by atoms with Crippen molar-refractivity contribution in [2.75, 3.05) is 13.2 Å². The normalized spacial score (nSPS) is 10.1. The van der Waals surface area contributed by atoms with Crippen LogP contribution in [0.1, 0.15) is 12.5 Å². The summed E-state index contributed by atoms with van der Waals surface area (Å²) in [7, 11) is 0. The molecule has 0 amide bonds. The molecule has 0 aromatic heterocycles. The Morgan fingerprint density at radius 1 is 1.46 bits per heavy atom.